The molecule has 3 rings (SSSR count). The second-order valence-corrected chi connectivity index (χ2v) is 6.73. The van der Waals surface area contributed by atoms with Crippen LogP contribution in [0.3, 0.4) is 0 Å². The lowest BCUT2D eigenvalue weighted by Crippen LogP contribution is -2.58. The SMILES string of the molecule is O=[N+]([O-])c1ccc(Br)cc1NC1CCNC2(CCC2)C1. The summed E-state index contributed by atoms with van der Waals surface area (Å²) in [7, 11) is 0. The van der Waals surface area contributed by atoms with Crippen LogP contribution in [-0.4, -0.2) is 23.0 Å². The van der Waals surface area contributed by atoms with Gasteiger partial charge in [0.25, 0.3) is 5.69 Å². The van der Waals surface area contributed by atoms with E-state index in [0.717, 1.165) is 23.9 Å². The van der Waals surface area contributed by atoms with Crippen molar-refractivity contribution in [2.24, 2.45) is 0 Å². The molecule has 2 fully saturated rings. The minimum atomic E-state index is -0.324. The number of nitrogens with one attached hydrogen (secondary N) is 2. The van der Waals surface area contributed by atoms with E-state index in [4.69, 9.17) is 0 Å². The number of anilines is 1. The monoisotopic (exact) mass is 339 g/mol. The highest BCUT2D eigenvalue weighted by Gasteiger charge is 2.41. The standard InChI is InChI=1S/C14H18BrN3O2/c15-10-2-3-13(18(19)20)12(8-10)17-11-4-7-16-14(9-11)5-1-6-14/h2-3,8,11,16-17H,1,4-7,9H2. The minimum Gasteiger partial charge on any atom is -0.377 e. The van der Waals surface area contributed by atoms with E-state index < -0.39 is 0 Å². The summed E-state index contributed by atoms with van der Waals surface area (Å²) in [6.45, 7) is 0.986. The van der Waals surface area contributed by atoms with Gasteiger partial charge in [-0.3, -0.25) is 10.1 Å². The summed E-state index contributed by atoms with van der Waals surface area (Å²) < 4.78 is 0.859. The molecule has 0 bridgehead atoms. The fourth-order valence-electron chi connectivity index (χ4n) is 3.27. The molecule has 0 aromatic heterocycles. The quantitative estimate of drug-likeness (QED) is 0.653. The molecule has 1 aromatic rings. The van der Waals surface area contributed by atoms with Crippen molar-refractivity contribution in [3.8, 4) is 0 Å². The van der Waals surface area contributed by atoms with Gasteiger partial charge in [0.05, 0.1) is 4.92 Å². The Balaban J connectivity index is 1.76. The Morgan fingerprint density at radius 2 is 2.25 bits per heavy atom. The van der Waals surface area contributed by atoms with E-state index in [1.165, 1.54) is 19.3 Å². The molecule has 1 saturated carbocycles. The Morgan fingerprint density at radius 3 is 2.90 bits per heavy atom. The molecule has 1 unspecified atom stereocenters. The van der Waals surface area contributed by atoms with Crippen molar-refractivity contribution >= 4 is 27.3 Å². The molecule has 1 heterocycles. The van der Waals surface area contributed by atoms with Crippen LogP contribution >= 0.6 is 15.9 Å². The van der Waals surface area contributed by atoms with Gasteiger partial charge in [-0.25, -0.2) is 0 Å². The van der Waals surface area contributed by atoms with E-state index >= 15 is 0 Å². The van der Waals surface area contributed by atoms with Gasteiger partial charge in [-0.2, -0.15) is 0 Å². The molecule has 1 saturated heterocycles. The summed E-state index contributed by atoms with van der Waals surface area (Å²) >= 11 is 3.38. The van der Waals surface area contributed by atoms with Crippen molar-refractivity contribution in [3.05, 3.63) is 32.8 Å². The third kappa shape index (κ3) is 2.67. The molecule has 1 aromatic carbocycles. The highest BCUT2D eigenvalue weighted by molar-refractivity contribution is 9.10. The van der Waals surface area contributed by atoms with Crippen LogP contribution in [0.5, 0.6) is 0 Å². The van der Waals surface area contributed by atoms with Gasteiger partial charge in [-0.15, -0.1) is 0 Å². The van der Waals surface area contributed by atoms with Crippen LogP contribution < -0.4 is 10.6 Å². The van der Waals surface area contributed by atoms with Gasteiger partial charge < -0.3 is 10.6 Å². The number of hydrogen-bond donors (Lipinski definition) is 2. The van der Waals surface area contributed by atoms with Crippen molar-refractivity contribution < 1.29 is 4.92 Å². The van der Waals surface area contributed by atoms with Gasteiger partial charge in [-0.05, 0) is 50.8 Å². The topological polar surface area (TPSA) is 67.2 Å². The van der Waals surface area contributed by atoms with Gasteiger partial charge in [0.2, 0.25) is 0 Å². The summed E-state index contributed by atoms with van der Waals surface area (Å²) in [5, 5.41) is 18.1. The van der Waals surface area contributed by atoms with Gasteiger partial charge in [-0.1, -0.05) is 15.9 Å². The summed E-state index contributed by atoms with van der Waals surface area (Å²) in [4.78, 5) is 10.8. The van der Waals surface area contributed by atoms with Crippen LogP contribution in [0.4, 0.5) is 11.4 Å². The fourth-order valence-corrected chi connectivity index (χ4v) is 3.63. The molecule has 1 aliphatic carbocycles. The Bertz CT molecular complexity index is 531. The van der Waals surface area contributed by atoms with E-state index in [0.29, 0.717) is 11.7 Å². The maximum absolute atomic E-state index is 11.1. The largest absolute Gasteiger partial charge is 0.377 e. The molecule has 2 aliphatic rings. The zero-order valence-corrected chi connectivity index (χ0v) is 12.8. The van der Waals surface area contributed by atoms with Gasteiger partial charge >= 0.3 is 0 Å². The number of hydrogen-bond acceptors (Lipinski definition) is 4. The van der Waals surface area contributed by atoms with Gasteiger partial charge in [0.1, 0.15) is 5.69 Å². The lowest BCUT2D eigenvalue weighted by atomic mass is 9.70. The molecule has 1 aliphatic heterocycles. The number of benzene rings is 1. The third-order valence-corrected chi connectivity index (χ3v) is 4.95. The first-order valence-electron chi connectivity index (χ1n) is 7.04. The average Bonchev–Trinajstić information content (AvgIpc) is 2.37. The van der Waals surface area contributed by atoms with Crippen molar-refractivity contribution in [1.82, 2.24) is 5.32 Å². The zero-order chi connectivity index (χ0) is 14.2. The van der Waals surface area contributed by atoms with Crippen LogP contribution in [0.2, 0.25) is 0 Å². The Morgan fingerprint density at radius 1 is 1.45 bits per heavy atom. The predicted octanol–water partition coefficient (Wildman–Crippen LogP) is 3.44. The zero-order valence-electron chi connectivity index (χ0n) is 11.2. The predicted molar refractivity (Wildman–Crippen MR) is 82.0 cm³/mol. The number of halogens is 1. The number of piperidine rings is 1. The van der Waals surface area contributed by atoms with E-state index in [2.05, 4.69) is 26.6 Å². The molecule has 20 heavy (non-hydrogen) atoms. The Labute approximate surface area is 126 Å². The maximum atomic E-state index is 11.1. The molecule has 6 heteroatoms. The van der Waals surface area contributed by atoms with Crippen molar-refractivity contribution in [1.29, 1.82) is 0 Å². The second kappa shape index (κ2) is 5.33. The Kier molecular flexibility index (Phi) is 3.69. The molecular weight excluding hydrogens is 322 g/mol. The normalized spacial score (nSPS) is 24.1. The van der Waals surface area contributed by atoms with E-state index in [9.17, 15) is 10.1 Å². The summed E-state index contributed by atoms with van der Waals surface area (Å²) in [6.07, 6.45) is 5.80. The third-order valence-electron chi connectivity index (χ3n) is 4.46. The smallest absolute Gasteiger partial charge is 0.292 e. The first-order valence-corrected chi connectivity index (χ1v) is 7.83. The van der Waals surface area contributed by atoms with Crippen LogP contribution in [0.1, 0.15) is 32.1 Å². The lowest BCUT2D eigenvalue weighted by molar-refractivity contribution is -0.384. The summed E-state index contributed by atoms with van der Waals surface area (Å²) in [6, 6.07) is 5.36. The van der Waals surface area contributed by atoms with Crippen molar-refractivity contribution in [2.75, 3.05) is 11.9 Å². The van der Waals surface area contributed by atoms with E-state index in [-0.39, 0.29) is 16.1 Å². The molecule has 1 atom stereocenters. The number of nitro benzene ring substituents is 1. The van der Waals surface area contributed by atoms with Crippen LogP contribution in [0.15, 0.2) is 22.7 Å². The van der Waals surface area contributed by atoms with E-state index in [1.54, 1.807) is 18.2 Å². The molecule has 2 N–H and O–H groups in total. The molecule has 5 nitrogen and oxygen atoms in total. The summed E-state index contributed by atoms with van der Waals surface area (Å²) in [5.74, 6) is 0. The first-order chi connectivity index (χ1) is 9.58. The molecule has 1 spiro atoms. The van der Waals surface area contributed by atoms with Crippen LogP contribution in [-0.2, 0) is 0 Å². The number of nitrogens with zero attached hydrogens (tertiary/aromatic N) is 1. The van der Waals surface area contributed by atoms with Gasteiger partial charge in [0.15, 0.2) is 0 Å². The summed E-state index contributed by atoms with van der Waals surface area (Å²) in [5.41, 5.74) is 1.05. The van der Waals surface area contributed by atoms with Crippen molar-refractivity contribution in [2.45, 2.75) is 43.7 Å². The molecule has 0 radical (unpaired) electrons. The number of nitro groups is 1. The lowest BCUT2D eigenvalue weighted by Gasteiger charge is -2.48. The van der Waals surface area contributed by atoms with Crippen molar-refractivity contribution in [3.63, 3.8) is 0 Å². The Hall–Kier alpha value is -1.14. The van der Waals surface area contributed by atoms with Crippen LogP contribution in [0, 0.1) is 10.1 Å². The highest BCUT2D eigenvalue weighted by Crippen LogP contribution is 2.39. The molecular formula is C14H18BrN3O2. The van der Waals surface area contributed by atoms with E-state index in [1.807, 2.05) is 0 Å². The second-order valence-electron chi connectivity index (χ2n) is 5.81. The number of rotatable bonds is 3. The highest BCUT2D eigenvalue weighted by atomic mass is 79.9. The molecule has 108 valence electrons. The average molecular weight is 340 g/mol. The molecule has 0 amide bonds. The van der Waals surface area contributed by atoms with Gasteiger partial charge in [0, 0.05) is 22.1 Å². The first kappa shape index (κ1) is 13.8. The fraction of sp³-hybridized carbons (Fsp3) is 0.571. The van der Waals surface area contributed by atoms with Crippen LogP contribution in [0.25, 0.3) is 0 Å². The maximum Gasteiger partial charge on any atom is 0.292 e. The minimum absolute atomic E-state index is 0.148.